The lowest BCUT2D eigenvalue weighted by atomic mass is 9.95. The number of allylic oxidation sites excluding steroid dienone is 1. The monoisotopic (exact) mass is 608 g/mol. The van der Waals surface area contributed by atoms with E-state index in [1.54, 1.807) is 63.2 Å². The van der Waals surface area contributed by atoms with Gasteiger partial charge in [-0.25, -0.2) is 9.79 Å². The zero-order chi connectivity index (χ0) is 31.3. The van der Waals surface area contributed by atoms with Gasteiger partial charge in [-0.05, 0) is 69.2 Å². The van der Waals surface area contributed by atoms with Gasteiger partial charge in [0.15, 0.2) is 27.8 Å². The molecule has 0 spiro atoms. The van der Waals surface area contributed by atoms with Crippen LogP contribution in [-0.4, -0.2) is 42.3 Å². The molecule has 11 nitrogen and oxygen atoms in total. The third-order valence-corrected chi connectivity index (χ3v) is 7.16. The van der Waals surface area contributed by atoms with Crippen molar-refractivity contribution in [2.24, 2.45) is 4.99 Å². The third-order valence-electron chi connectivity index (χ3n) is 6.17. The summed E-state index contributed by atoms with van der Waals surface area (Å²) in [5.74, 6) is -0.481. The molecular formula is C31H32N2O9S. The molecule has 0 saturated carbocycles. The summed E-state index contributed by atoms with van der Waals surface area (Å²) < 4.78 is 29.1. The molecule has 43 heavy (non-hydrogen) atoms. The van der Waals surface area contributed by atoms with Crippen LogP contribution in [0.25, 0.3) is 6.08 Å². The van der Waals surface area contributed by atoms with Crippen molar-refractivity contribution in [1.82, 2.24) is 4.57 Å². The van der Waals surface area contributed by atoms with Gasteiger partial charge in [0.1, 0.15) is 0 Å². The predicted octanol–water partition coefficient (Wildman–Crippen LogP) is 3.45. The van der Waals surface area contributed by atoms with E-state index in [1.807, 2.05) is 6.92 Å². The minimum absolute atomic E-state index is 0.133. The maximum atomic E-state index is 14.0. The standard InChI is InChI=1S/C31H32N2O9S/c1-7-38-24-14-20(10-12-22(24)41-18(5)34)15-26-29(36)33-28(27(30(37)40-9-3)17(4)32-31(33)43-26)21-11-13-23(42-19(6)35)25(16-21)39-8-2/h10-16,28H,7-9H2,1-6H3. The van der Waals surface area contributed by atoms with Crippen LogP contribution in [-0.2, 0) is 19.1 Å². The van der Waals surface area contributed by atoms with Gasteiger partial charge in [0.05, 0.1) is 41.7 Å². The Labute approximate surface area is 251 Å². The zero-order valence-electron chi connectivity index (χ0n) is 24.7. The first kappa shape index (κ1) is 31.2. The summed E-state index contributed by atoms with van der Waals surface area (Å²) in [5, 5.41) is 0. The van der Waals surface area contributed by atoms with Crippen molar-refractivity contribution in [1.29, 1.82) is 0 Å². The van der Waals surface area contributed by atoms with E-state index in [0.29, 0.717) is 45.1 Å². The largest absolute Gasteiger partial charge is 0.490 e. The molecule has 0 bridgehead atoms. The van der Waals surface area contributed by atoms with Crippen molar-refractivity contribution >= 4 is 35.3 Å². The van der Waals surface area contributed by atoms with Gasteiger partial charge in [0, 0.05) is 13.8 Å². The topological polar surface area (TPSA) is 132 Å². The van der Waals surface area contributed by atoms with E-state index < -0.39 is 23.9 Å². The van der Waals surface area contributed by atoms with Gasteiger partial charge >= 0.3 is 17.9 Å². The summed E-state index contributed by atoms with van der Waals surface area (Å²) in [6.07, 6.45) is 1.68. The van der Waals surface area contributed by atoms with Gasteiger partial charge in [0.25, 0.3) is 5.56 Å². The van der Waals surface area contributed by atoms with Gasteiger partial charge in [-0.1, -0.05) is 23.5 Å². The lowest BCUT2D eigenvalue weighted by molar-refractivity contribution is -0.139. The maximum Gasteiger partial charge on any atom is 0.338 e. The Balaban J connectivity index is 1.91. The van der Waals surface area contributed by atoms with E-state index in [1.165, 1.54) is 18.4 Å². The van der Waals surface area contributed by atoms with Crippen LogP contribution in [0.5, 0.6) is 23.0 Å². The predicted molar refractivity (Wildman–Crippen MR) is 158 cm³/mol. The Morgan fingerprint density at radius 3 is 2.07 bits per heavy atom. The number of carbonyl (C=O) groups is 3. The zero-order valence-corrected chi connectivity index (χ0v) is 25.5. The average Bonchev–Trinajstić information content (AvgIpc) is 3.24. The van der Waals surface area contributed by atoms with Crippen molar-refractivity contribution in [2.75, 3.05) is 19.8 Å². The van der Waals surface area contributed by atoms with Crippen LogP contribution in [0.15, 0.2) is 57.5 Å². The lowest BCUT2D eigenvalue weighted by Gasteiger charge is -2.25. The molecular weight excluding hydrogens is 576 g/mol. The number of hydrogen-bond acceptors (Lipinski definition) is 11. The first-order valence-electron chi connectivity index (χ1n) is 13.7. The number of nitrogens with zero attached hydrogens (tertiary/aromatic N) is 2. The van der Waals surface area contributed by atoms with E-state index in [-0.39, 0.29) is 35.0 Å². The Bertz CT molecular complexity index is 1790. The van der Waals surface area contributed by atoms with Crippen LogP contribution in [0.1, 0.15) is 58.7 Å². The average molecular weight is 609 g/mol. The molecule has 12 heteroatoms. The van der Waals surface area contributed by atoms with E-state index in [2.05, 4.69) is 4.99 Å². The number of hydrogen-bond donors (Lipinski definition) is 0. The quantitative estimate of drug-likeness (QED) is 0.251. The minimum Gasteiger partial charge on any atom is -0.490 e. The summed E-state index contributed by atoms with van der Waals surface area (Å²) in [7, 11) is 0. The van der Waals surface area contributed by atoms with Gasteiger partial charge in [0.2, 0.25) is 0 Å². The highest BCUT2D eigenvalue weighted by atomic mass is 32.1. The number of rotatable bonds is 10. The van der Waals surface area contributed by atoms with Crippen LogP contribution >= 0.6 is 11.3 Å². The SMILES string of the molecule is CCOC(=O)C1=C(C)N=c2sc(=Cc3ccc(OC(C)=O)c(OCC)c3)c(=O)n2C1c1ccc(OC(C)=O)c(OCC)c1. The molecule has 0 amide bonds. The second-order valence-corrected chi connectivity index (χ2v) is 10.3. The van der Waals surface area contributed by atoms with Crippen molar-refractivity contribution < 1.29 is 38.1 Å². The second kappa shape index (κ2) is 13.5. The lowest BCUT2D eigenvalue weighted by Crippen LogP contribution is -2.40. The minimum atomic E-state index is -0.895. The van der Waals surface area contributed by atoms with Crippen LogP contribution in [0, 0.1) is 0 Å². The molecule has 3 aromatic rings. The highest BCUT2D eigenvalue weighted by Crippen LogP contribution is 2.36. The summed E-state index contributed by atoms with van der Waals surface area (Å²) in [4.78, 5) is 55.4. The van der Waals surface area contributed by atoms with Crippen molar-refractivity contribution in [3.63, 3.8) is 0 Å². The summed E-state index contributed by atoms with van der Waals surface area (Å²) in [5.41, 5.74) is 1.39. The molecule has 1 aliphatic heterocycles. The van der Waals surface area contributed by atoms with Crippen LogP contribution < -0.4 is 33.8 Å². The van der Waals surface area contributed by atoms with E-state index in [9.17, 15) is 19.2 Å². The second-order valence-electron chi connectivity index (χ2n) is 9.27. The smallest absolute Gasteiger partial charge is 0.338 e. The summed E-state index contributed by atoms with van der Waals surface area (Å²) in [6, 6.07) is 8.96. The molecule has 0 aliphatic carbocycles. The fraction of sp³-hybridized carbons (Fsp3) is 0.323. The Morgan fingerprint density at radius 1 is 0.884 bits per heavy atom. The van der Waals surface area contributed by atoms with Crippen LogP contribution in [0.4, 0.5) is 0 Å². The number of esters is 3. The van der Waals surface area contributed by atoms with E-state index in [0.717, 1.165) is 11.3 Å². The number of benzene rings is 2. The van der Waals surface area contributed by atoms with Crippen molar-refractivity contribution in [2.45, 2.75) is 47.6 Å². The molecule has 1 atom stereocenters. The maximum absolute atomic E-state index is 14.0. The molecule has 1 aromatic heterocycles. The highest BCUT2D eigenvalue weighted by molar-refractivity contribution is 7.07. The molecule has 1 unspecified atom stereocenters. The molecule has 0 radical (unpaired) electrons. The van der Waals surface area contributed by atoms with Crippen molar-refractivity contribution in [3.8, 4) is 23.0 Å². The fourth-order valence-electron chi connectivity index (χ4n) is 4.58. The number of ether oxygens (including phenoxy) is 5. The summed E-state index contributed by atoms with van der Waals surface area (Å²) in [6.45, 7) is 10.3. The van der Waals surface area contributed by atoms with Crippen LogP contribution in [0.3, 0.4) is 0 Å². The Hall–Kier alpha value is -4.71. The van der Waals surface area contributed by atoms with Gasteiger partial charge in [-0.2, -0.15) is 0 Å². The highest BCUT2D eigenvalue weighted by Gasteiger charge is 2.34. The van der Waals surface area contributed by atoms with Crippen LogP contribution in [0.2, 0.25) is 0 Å². The molecule has 2 heterocycles. The van der Waals surface area contributed by atoms with Crippen molar-refractivity contribution in [3.05, 3.63) is 78.5 Å². The normalized spacial score (nSPS) is 14.5. The first-order chi connectivity index (χ1) is 20.6. The van der Waals surface area contributed by atoms with Gasteiger partial charge in [-0.3, -0.25) is 19.0 Å². The molecule has 1 aliphatic rings. The van der Waals surface area contributed by atoms with E-state index in [4.69, 9.17) is 23.7 Å². The molecule has 226 valence electrons. The number of thiazole rings is 1. The number of carbonyl (C=O) groups excluding carboxylic acids is 3. The fourth-order valence-corrected chi connectivity index (χ4v) is 5.63. The Morgan fingerprint density at radius 2 is 1.49 bits per heavy atom. The molecule has 2 aromatic carbocycles. The number of aromatic nitrogens is 1. The first-order valence-corrected chi connectivity index (χ1v) is 14.5. The van der Waals surface area contributed by atoms with Gasteiger partial charge < -0.3 is 23.7 Å². The summed E-state index contributed by atoms with van der Waals surface area (Å²) >= 11 is 1.16. The molecule has 4 rings (SSSR count). The third kappa shape index (κ3) is 6.86. The van der Waals surface area contributed by atoms with Gasteiger partial charge in [-0.15, -0.1) is 0 Å². The Kier molecular flexibility index (Phi) is 9.81. The molecule has 0 N–H and O–H groups in total. The molecule has 0 saturated heterocycles. The number of fused-ring (bicyclic) bond motifs is 1. The molecule has 0 fully saturated rings. The van der Waals surface area contributed by atoms with E-state index >= 15 is 0 Å².